The highest BCUT2D eigenvalue weighted by molar-refractivity contribution is 5.92. The quantitative estimate of drug-likeness (QED) is 0.539. The number of nitrogens with zero attached hydrogens (tertiary/aromatic N) is 2. The smallest absolute Gasteiger partial charge is 0.410 e. The van der Waals surface area contributed by atoms with Crippen LogP contribution in [-0.4, -0.2) is 87.3 Å². The summed E-state index contributed by atoms with van der Waals surface area (Å²) < 4.78 is 5.48. The van der Waals surface area contributed by atoms with Gasteiger partial charge >= 0.3 is 12.1 Å². The van der Waals surface area contributed by atoms with Gasteiger partial charge < -0.3 is 25.2 Å². The Labute approximate surface area is 211 Å². The van der Waals surface area contributed by atoms with Gasteiger partial charge in [-0.15, -0.1) is 0 Å². The van der Waals surface area contributed by atoms with Gasteiger partial charge in [-0.3, -0.25) is 14.5 Å². The van der Waals surface area contributed by atoms with Crippen LogP contribution in [0, 0.1) is 0 Å². The van der Waals surface area contributed by atoms with E-state index in [0.717, 1.165) is 5.56 Å². The lowest BCUT2D eigenvalue weighted by Crippen LogP contribution is -2.59. The average Bonchev–Trinajstić information content (AvgIpc) is 3.31. The summed E-state index contributed by atoms with van der Waals surface area (Å²) in [4.78, 5) is 54.3. The van der Waals surface area contributed by atoms with Crippen molar-refractivity contribution in [3.05, 3.63) is 35.9 Å². The zero-order valence-electron chi connectivity index (χ0n) is 21.4. The molecule has 3 atom stereocenters. The zero-order valence-corrected chi connectivity index (χ0v) is 21.4. The van der Waals surface area contributed by atoms with Gasteiger partial charge in [0.05, 0.1) is 11.5 Å². The lowest BCUT2D eigenvalue weighted by atomic mass is 9.71. The molecule has 10 nitrogen and oxygen atoms in total. The Morgan fingerprint density at radius 3 is 2.22 bits per heavy atom. The molecule has 3 N–H and O–H groups in total. The molecule has 0 spiro atoms. The number of aliphatic hydroxyl groups is 1. The van der Waals surface area contributed by atoms with E-state index >= 15 is 0 Å². The van der Waals surface area contributed by atoms with Crippen molar-refractivity contribution >= 4 is 23.9 Å². The summed E-state index contributed by atoms with van der Waals surface area (Å²) in [6.07, 6.45) is 0.0247. The van der Waals surface area contributed by atoms with E-state index in [2.05, 4.69) is 5.32 Å². The second kappa shape index (κ2) is 10.9. The van der Waals surface area contributed by atoms with Crippen LogP contribution in [0.25, 0.3) is 0 Å². The molecular weight excluding hydrogens is 466 g/mol. The van der Waals surface area contributed by atoms with Crippen molar-refractivity contribution < 1.29 is 34.1 Å². The number of hydrogen-bond donors (Lipinski definition) is 3. The maximum Gasteiger partial charge on any atom is 0.410 e. The van der Waals surface area contributed by atoms with Crippen molar-refractivity contribution in [1.82, 2.24) is 15.1 Å². The molecule has 2 aliphatic heterocycles. The van der Waals surface area contributed by atoms with Gasteiger partial charge in [-0.2, -0.15) is 0 Å². The van der Waals surface area contributed by atoms with Crippen molar-refractivity contribution in [2.75, 3.05) is 19.6 Å². The molecule has 2 heterocycles. The van der Waals surface area contributed by atoms with Crippen molar-refractivity contribution in [1.29, 1.82) is 0 Å². The number of aliphatic hydroxyl groups excluding tert-OH is 1. The third-order valence-electron chi connectivity index (χ3n) is 6.89. The Hall–Kier alpha value is -3.14. The second-order valence-corrected chi connectivity index (χ2v) is 10.6. The van der Waals surface area contributed by atoms with Crippen LogP contribution < -0.4 is 5.32 Å². The molecule has 2 fully saturated rings. The first kappa shape index (κ1) is 27.4. The number of carbonyl (C=O) groups excluding carboxylic acids is 3. The number of benzene rings is 1. The first-order valence-corrected chi connectivity index (χ1v) is 12.4. The van der Waals surface area contributed by atoms with Crippen LogP contribution in [0.4, 0.5) is 4.79 Å². The second-order valence-electron chi connectivity index (χ2n) is 10.6. The molecule has 0 aromatic heterocycles. The summed E-state index contributed by atoms with van der Waals surface area (Å²) >= 11 is 0. The molecule has 0 unspecified atom stereocenters. The number of carbonyl (C=O) groups is 4. The summed E-state index contributed by atoms with van der Waals surface area (Å²) in [6.45, 7) is 7.65. The lowest BCUT2D eigenvalue weighted by molar-refractivity contribution is -0.146. The van der Waals surface area contributed by atoms with Crippen molar-refractivity contribution in [2.24, 2.45) is 0 Å². The van der Waals surface area contributed by atoms with Gasteiger partial charge in [0.2, 0.25) is 11.8 Å². The van der Waals surface area contributed by atoms with E-state index in [1.807, 2.05) is 30.3 Å². The van der Waals surface area contributed by atoms with Crippen molar-refractivity contribution in [3.8, 4) is 0 Å². The largest absolute Gasteiger partial charge is 0.480 e. The minimum atomic E-state index is -1.45. The Balaban J connectivity index is 1.77. The summed E-state index contributed by atoms with van der Waals surface area (Å²) in [5, 5.41) is 21.8. The maximum atomic E-state index is 13.5. The molecule has 0 saturated carbocycles. The van der Waals surface area contributed by atoms with E-state index < -0.39 is 47.2 Å². The number of ether oxygens (including phenoxy) is 1. The molecule has 1 aromatic carbocycles. The summed E-state index contributed by atoms with van der Waals surface area (Å²) in [6, 6.07) is 7.02. The highest BCUT2D eigenvalue weighted by Crippen LogP contribution is 2.37. The number of carboxylic acids is 1. The highest BCUT2D eigenvalue weighted by atomic mass is 16.6. The predicted octanol–water partition coefficient (Wildman–Crippen LogP) is 1.90. The standard InChI is InChI=1S/C26H37N3O7/c1-17(30)20(22(32)33)27-23(34)26(18-9-6-5-7-10-18)12-15-28(16-13-26)21(31)19-11-8-14-29(19)24(35)36-25(2,3)4/h5-7,9-10,17,19-20,30H,8,11-16H2,1-4H3,(H,27,34)(H,32,33)/t17-,19+,20+/m1/s1. The molecule has 0 radical (unpaired) electrons. The minimum absolute atomic E-state index is 0.173. The van der Waals surface area contributed by atoms with Crippen LogP contribution in [0.1, 0.15) is 58.9 Å². The average molecular weight is 504 g/mol. The van der Waals surface area contributed by atoms with Crippen LogP contribution in [0.15, 0.2) is 30.3 Å². The number of carboxylic acid groups (broad SMARTS) is 1. The number of nitrogens with one attached hydrogen (secondary N) is 1. The third-order valence-corrected chi connectivity index (χ3v) is 6.89. The molecule has 36 heavy (non-hydrogen) atoms. The van der Waals surface area contributed by atoms with E-state index in [1.54, 1.807) is 25.7 Å². The van der Waals surface area contributed by atoms with Crippen LogP contribution in [0.5, 0.6) is 0 Å². The SMILES string of the molecule is C[C@@H](O)[C@H](NC(=O)C1(c2ccccc2)CCN(C(=O)[C@@H]2CCCN2C(=O)OC(C)(C)C)CC1)C(=O)O. The molecule has 3 amide bonds. The van der Waals surface area contributed by atoms with Crippen molar-refractivity contribution in [2.45, 2.75) is 82.6 Å². The number of aliphatic carboxylic acids is 1. The molecule has 1 aromatic rings. The van der Waals surface area contributed by atoms with E-state index in [1.165, 1.54) is 11.8 Å². The predicted molar refractivity (Wildman–Crippen MR) is 131 cm³/mol. The number of hydrogen-bond acceptors (Lipinski definition) is 6. The van der Waals surface area contributed by atoms with E-state index in [4.69, 9.17) is 4.74 Å². The van der Waals surface area contributed by atoms with Crippen LogP contribution >= 0.6 is 0 Å². The first-order valence-electron chi connectivity index (χ1n) is 12.4. The molecule has 0 bridgehead atoms. The zero-order chi connectivity index (χ0) is 26.7. The molecule has 10 heteroatoms. The fraction of sp³-hybridized carbons (Fsp3) is 0.615. The van der Waals surface area contributed by atoms with Crippen LogP contribution in [-0.2, 0) is 24.5 Å². The Kier molecular flexibility index (Phi) is 8.28. The molecular formula is C26H37N3O7. The van der Waals surface area contributed by atoms with E-state index in [9.17, 15) is 29.4 Å². The van der Waals surface area contributed by atoms with Gasteiger partial charge in [-0.25, -0.2) is 9.59 Å². The van der Waals surface area contributed by atoms with Gasteiger partial charge in [0, 0.05) is 19.6 Å². The summed E-state index contributed by atoms with van der Waals surface area (Å²) in [5.74, 6) is -1.99. The molecule has 3 rings (SSSR count). The van der Waals surface area contributed by atoms with Gasteiger partial charge in [0.25, 0.3) is 0 Å². The molecule has 0 aliphatic carbocycles. The van der Waals surface area contributed by atoms with Gasteiger partial charge in [-0.05, 0) is 58.9 Å². The van der Waals surface area contributed by atoms with Crippen LogP contribution in [0.3, 0.4) is 0 Å². The fourth-order valence-corrected chi connectivity index (χ4v) is 4.95. The number of amides is 3. The Morgan fingerprint density at radius 1 is 1.08 bits per heavy atom. The van der Waals surface area contributed by atoms with Gasteiger partial charge in [0.1, 0.15) is 11.6 Å². The third kappa shape index (κ3) is 5.98. The Morgan fingerprint density at radius 2 is 1.69 bits per heavy atom. The van der Waals surface area contributed by atoms with Gasteiger partial charge in [-0.1, -0.05) is 30.3 Å². The minimum Gasteiger partial charge on any atom is -0.480 e. The fourth-order valence-electron chi connectivity index (χ4n) is 4.95. The van der Waals surface area contributed by atoms with Crippen molar-refractivity contribution in [3.63, 3.8) is 0 Å². The molecule has 2 saturated heterocycles. The first-order chi connectivity index (χ1) is 16.9. The van der Waals surface area contributed by atoms with E-state index in [-0.39, 0.29) is 31.8 Å². The van der Waals surface area contributed by atoms with Gasteiger partial charge in [0.15, 0.2) is 6.04 Å². The summed E-state index contributed by atoms with van der Waals surface area (Å²) in [7, 11) is 0. The topological polar surface area (TPSA) is 136 Å². The monoisotopic (exact) mass is 503 g/mol. The number of likely N-dealkylation sites (tertiary alicyclic amines) is 2. The molecule has 2 aliphatic rings. The normalized spacial score (nSPS) is 21.4. The number of piperidine rings is 1. The number of rotatable bonds is 6. The maximum absolute atomic E-state index is 13.5. The highest BCUT2D eigenvalue weighted by Gasteiger charge is 2.47. The van der Waals surface area contributed by atoms with E-state index in [0.29, 0.717) is 19.4 Å². The molecule has 198 valence electrons. The summed E-state index contributed by atoms with van der Waals surface area (Å²) in [5.41, 5.74) is -0.997. The Bertz CT molecular complexity index is 965. The lowest BCUT2D eigenvalue weighted by Gasteiger charge is -2.42. The van der Waals surface area contributed by atoms with Crippen LogP contribution in [0.2, 0.25) is 0 Å².